The lowest BCUT2D eigenvalue weighted by molar-refractivity contribution is -0.253. The highest BCUT2D eigenvalue weighted by atomic mass is 19.3. The van der Waals surface area contributed by atoms with E-state index < -0.39 is 29.8 Å². The zero-order valence-electron chi connectivity index (χ0n) is 7.66. The molecule has 88 valence electrons. The van der Waals surface area contributed by atoms with Gasteiger partial charge in [0.15, 0.2) is 0 Å². The number of alkyl halides is 4. The molecule has 1 N–H and O–H groups in total. The standard InChI is InChI=1S/C9H6F4O3/c10-8(11)9(12,13)16-6-4-2-1-3-5(6)7(14)15/h1-4,8H,(H,14,15). The van der Waals surface area contributed by atoms with Crippen LogP contribution in [0.2, 0.25) is 0 Å². The summed E-state index contributed by atoms with van der Waals surface area (Å²) in [6.07, 6.45) is -8.75. The third-order valence-electron chi connectivity index (χ3n) is 1.62. The van der Waals surface area contributed by atoms with E-state index in [1.165, 1.54) is 12.1 Å². The number of hydrogen-bond acceptors (Lipinski definition) is 2. The fourth-order valence-corrected chi connectivity index (χ4v) is 0.923. The van der Waals surface area contributed by atoms with Crippen LogP contribution in [0.3, 0.4) is 0 Å². The SMILES string of the molecule is O=C(O)c1ccccc1OC(F)(F)C(F)F. The fourth-order valence-electron chi connectivity index (χ4n) is 0.923. The summed E-state index contributed by atoms with van der Waals surface area (Å²) in [5.41, 5.74) is -0.608. The molecule has 7 heteroatoms. The molecule has 1 aromatic rings. The van der Waals surface area contributed by atoms with E-state index >= 15 is 0 Å². The number of aromatic carboxylic acids is 1. The van der Waals surface area contributed by atoms with Crippen LogP contribution in [0.1, 0.15) is 10.4 Å². The quantitative estimate of drug-likeness (QED) is 0.820. The van der Waals surface area contributed by atoms with Gasteiger partial charge in [0.1, 0.15) is 11.3 Å². The number of rotatable bonds is 4. The Morgan fingerprint density at radius 3 is 2.38 bits per heavy atom. The molecule has 0 aliphatic heterocycles. The Labute approximate surface area is 87.3 Å². The third-order valence-corrected chi connectivity index (χ3v) is 1.62. The highest BCUT2D eigenvalue weighted by molar-refractivity contribution is 5.90. The van der Waals surface area contributed by atoms with Gasteiger partial charge in [-0.1, -0.05) is 12.1 Å². The van der Waals surface area contributed by atoms with Crippen molar-refractivity contribution in [1.82, 2.24) is 0 Å². The number of carbonyl (C=O) groups is 1. The van der Waals surface area contributed by atoms with Gasteiger partial charge in [-0.3, -0.25) is 0 Å². The average molecular weight is 238 g/mol. The number of carboxylic acids is 1. The van der Waals surface area contributed by atoms with Crippen LogP contribution in [0.25, 0.3) is 0 Å². The number of benzene rings is 1. The Bertz CT molecular complexity index is 392. The van der Waals surface area contributed by atoms with E-state index in [4.69, 9.17) is 5.11 Å². The summed E-state index contributed by atoms with van der Waals surface area (Å²) < 4.78 is 52.3. The Morgan fingerprint density at radius 2 is 1.88 bits per heavy atom. The summed E-state index contributed by atoms with van der Waals surface area (Å²) >= 11 is 0. The predicted molar refractivity (Wildman–Crippen MR) is 45.0 cm³/mol. The first kappa shape index (κ1) is 12.3. The van der Waals surface area contributed by atoms with Crippen molar-refractivity contribution in [1.29, 1.82) is 0 Å². The largest absolute Gasteiger partial charge is 0.478 e. The van der Waals surface area contributed by atoms with Gasteiger partial charge in [0.2, 0.25) is 0 Å². The first-order chi connectivity index (χ1) is 7.34. The summed E-state index contributed by atoms with van der Waals surface area (Å²) in [4.78, 5) is 10.6. The minimum atomic E-state index is -4.72. The molecular weight excluding hydrogens is 232 g/mol. The van der Waals surface area contributed by atoms with Gasteiger partial charge in [-0.05, 0) is 12.1 Å². The molecule has 0 aromatic heterocycles. The van der Waals surface area contributed by atoms with Crippen LogP contribution in [0.15, 0.2) is 24.3 Å². The Morgan fingerprint density at radius 1 is 1.31 bits per heavy atom. The number of para-hydroxylation sites is 1. The molecule has 0 spiro atoms. The lowest BCUT2D eigenvalue weighted by Gasteiger charge is -2.17. The first-order valence-electron chi connectivity index (χ1n) is 4.02. The van der Waals surface area contributed by atoms with Crippen LogP contribution >= 0.6 is 0 Å². The topological polar surface area (TPSA) is 46.5 Å². The van der Waals surface area contributed by atoms with Gasteiger partial charge in [0.05, 0.1) is 0 Å². The summed E-state index contributed by atoms with van der Waals surface area (Å²) in [5.74, 6) is -2.35. The lowest BCUT2D eigenvalue weighted by atomic mass is 10.2. The van der Waals surface area contributed by atoms with Crippen molar-refractivity contribution in [2.75, 3.05) is 0 Å². The molecule has 0 heterocycles. The van der Waals surface area contributed by atoms with E-state index in [1.54, 1.807) is 0 Å². The summed E-state index contributed by atoms with van der Waals surface area (Å²) in [6.45, 7) is 0. The second-order valence-electron chi connectivity index (χ2n) is 2.77. The molecule has 1 aromatic carbocycles. The number of halogens is 4. The van der Waals surface area contributed by atoms with Crippen LogP contribution in [-0.4, -0.2) is 23.6 Å². The Kier molecular flexibility index (Phi) is 3.36. The van der Waals surface area contributed by atoms with Gasteiger partial charge in [-0.25, -0.2) is 4.79 Å². The molecule has 1 rings (SSSR count). The Hall–Kier alpha value is -1.79. The van der Waals surface area contributed by atoms with Crippen LogP contribution in [-0.2, 0) is 0 Å². The molecule has 0 atom stereocenters. The van der Waals surface area contributed by atoms with E-state index in [0.29, 0.717) is 0 Å². The van der Waals surface area contributed by atoms with E-state index in [1.807, 2.05) is 0 Å². The zero-order valence-corrected chi connectivity index (χ0v) is 7.66. The van der Waals surface area contributed by atoms with E-state index in [0.717, 1.165) is 12.1 Å². The van der Waals surface area contributed by atoms with Crippen LogP contribution in [0.5, 0.6) is 5.75 Å². The van der Waals surface area contributed by atoms with Crippen molar-refractivity contribution in [3.05, 3.63) is 29.8 Å². The molecule has 16 heavy (non-hydrogen) atoms. The van der Waals surface area contributed by atoms with Gasteiger partial charge in [0, 0.05) is 0 Å². The van der Waals surface area contributed by atoms with E-state index in [9.17, 15) is 22.4 Å². The number of ether oxygens (including phenoxy) is 1. The van der Waals surface area contributed by atoms with Crippen molar-refractivity contribution < 1.29 is 32.2 Å². The minimum Gasteiger partial charge on any atom is -0.478 e. The molecule has 0 aliphatic carbocycles. The van der Waals surface area contributed by atoms with Gasteiger partial charge >= 0.3 is 18.5 Å². The average Bonchev–Trinajstić information content (AvgIpc) is 2.17. The molecule has 0 saturated heterocycles. The molecule has 0 unspecified atom stereocenters. The molecule has 0 aliphatic rings. The second-order valence-corrected chi connectivity index (χ2v) is 2.77. The molecule has 3 nitrogen and oxygen atoms in total. The minimum absolute atomic E-state index is 0.608. The van der Waals surface area contributed by atoms with E-state index in [-0.39, 0.29) is 0 Å². The smallest absolute Gasteiger partial charge is 0.461 e. The fraction of sp³-hybridized carbons (Fsp3) is 0.222. The maximum absolute atomic E-state index is 12.5. The lowest BCUT2D eigenvalue weighted by Crippen LogP contribution is -2.34. The van der Waals surface area contributed by atoms with E-state index in [2.05, 4.69) is 4.74 Å². The van der Waals surface area contributed by atoms with Crippen molar-refractivity contribution in [3.63, 3.8) is 0 Å². The number of hydrogen-bond donors (Lipinski definition) is 1. The van der Waals surface area contributed by atoms with Gasteiger partial charge in [0.25, 0.3) is 0 Å². The monoisotopic (exact) mass is 238 g/mol. The normalized spacial score (nSPS) is 11.6. The van der Waals surface area contributed by atoms with Crippen molar-refractivity contribution in [2.45, 2.75) is 12.5 Å². The highest BCUT2D eigenvalue weighted by Gasteiger charge is 2.44. The molecule has 0 fully saturated rings. The molecule has 0 radical (unpaired) electrons. The maximum Gasteiger partial charge on any atom is 0.461 e. The zero-order chi connectivity index (χ0) is 12.3. The predicted octanol–water partition coefficient (Wildman–Crippen LogP) is 2.62. The first-order valence-corrected chi connectivity index (χ1v) is 4.02. The maximum atomic E-state index is 12.5. The summed E-state index contributed by atoms with van der Waals surface area (Å²) in [6, 6.07) is 4.30. The van der Waals surface area contributed by atoms with Gasteiger partial charge in [-0.15, -0.1) is 0 Å². The van der Waals surface area contributed by atoms with Crippen molar-refractivity contribution >= 4 is 5.97 Å². The number of carboxylic acid groups (broad SMARTS) is 1. The van der Waals surface area contributed by atoms with Crippen LogP contribution in [0.4, 0.5) is 17.6 Å². The van der Waals surface area contributed by atoms with Crippen molar-refractivity contribution in [2.24, 2.45) is 0 Å². The molecule has 0 bridgehead atoms. The summed E-state index contributed by atoms with van der Waals surface area (Å²) in [5, 5.41) is 8.59. The van der Waals surface area contributed by atoms with Crippen LogP contribution < -0.4 is 4.74 Å². The highest BCUT2D eigenvalue weighted by Crippen LogP contribution is 2.29. The van der Waals surface area contributed by atoms with Gasteiger partial charge < -0.3 is 9.84 Å². The third kappa shape index (κ3) is 2.62. The summed E-state index contributed by atoms with van der Waals surface area (Å²) in [7, 11) is 0. The Balaban J connectivity index is 3.02. The molecule has 0 amide bonds. The molecular formula is C9H6F4O3. The molecule has 0 saturated carbocycles. The second kappa shape index (κ2) is 4.38. The van der Waals surface area contributed by atoms with Gasteiger partial charge in [-0.2, -0.15) is 17.6 Å². The van der Waals surface area contributed by atoms with Crippen molar-refractivity contribution in [3.8, 4) is 5.75 Å². The van der Waals surface area contributed by atoms with Crippen LogP contribution in [0, 0.1) is 0 Å².